The predicted octanol–water partition coefficient (Wildman–Crippen LogP) is 3.55. The second kappa shape index (κ2) is 5.35. The van der Waals surface area contributed by atoms with Crippen molar-refractivity contribution >= 4 is 11.8 Å². The number of aromatic nitrogens is 2. The fourth-order valence-electron chi connectivity index (χ4n) is 2.76. The van der Waals surface area contributed by atoms with Crippen LogP contribution in [-0.2, 0) is 0 Å². The van der Waals surface area contributed by atoms with Gasteiger partial charge in [0.25, 0.3) is 0 Å². The highest BCUT2D eigenvalue weighted by atomic mass is 15.1. The molecule has 1 heterocycles. The molecule has 0 saturated heterocycles. The largest absolute Gasteiger partial charge is 0.368 e. The Morgan fingerprint density at radius 1 is 1.10 bits per heavy atom. The van der Waals surface area contributed by atoms with Gasteiger partial charge in [-0.25, -0.2) is 4.98 Å². The number of hydrogen-bond acceptors (Lipinski definition) is 4. The number of aryl methyl sites for hydroxylation is 2. The van der Waals surface area contributed by atoms with Crippen molar-refractivity contribution in [1.29, 1.82) is 0 Å². The van der Waals surface area contributed by atoms with Gasteiger partial charge in [0.15, 0.2) is 0 Å². The van der Waals surface area contributed by atoms with Crippen molar-refractivity contribution in [3.05, 3.63) is 35.4 Å². The summed E-state index contributed by atoms with van der Waals surface area (Å²) in [6.45, 7) is 6.39. The monoisotopic (exact) mass is 282 g/mol. The van der Waals surface area contributed by atoms with Gasteiger partial charge in [-0.1, -0.05) is 17.2 Å². The minimum Gasteiger partial charge on any atom is -0.368 e. The summed E-state index contributed by atoms with van der Waals surface area (Å²) in [7, 11) is 0. The first kappa shape index (κ1) is 13.9. The van der Waals surface area contributed by atoms with Crippen LogP contribution in [0.5, 0.6) is 0 Å². The highest BCUT2D eigenvalue weighted by Crippen LogP contribution is 2.34. The summed E-state index contributed by atoms with van der Waals surface area (Å²) in [5.74, 6) is 1.90. The van der Waals surface area contributed by atoms with E-state index < -0.39 is 0 Å². The molecule has 0 radical (unpaired) electrons. The molecule has 110 valence electrons. The van der Waals surface area contributed by atoms with Gasteiger partial charge in [-0.15, -0.1) is 0 Å². The van der Waals surface area contributed by atoms with E-state index in [1.165, 1.54) is 24.0 Å². The Labute approximate surface area is 125 Å². The van der Waals surface area contributed by atoms with Gasteiger partial charge in [-0.3, -0.25) is 0 Å². The third-order valence-corrected chi connectivity index (χ3v) is 3.97. The van der Waals surface area contributed by atoms with Crippen molar-refractivity contribution in [2.24, 2.45) is 5.92 Å². The first-order valence-corrected chi connectivity index (χ1v) is 7.51. The molecule has 1 fully saturated rings. The highest BCUT2D eigenvalue weighted by molar-refractivity contribution is 5.65. The molecule has 1 aliphatic rings. The van der Waals surface area contributed by atoms with Gasteiger partial charge in [-0.05, 0) is 51.7 Å². The molecular weight excluding hydrogens is 260 g/mol. The van der Waals surface area contributed by atoms with Gasteiger partial charge in [0.05, 0.1) is 5.69 Å². The Hall–Kier alpha value is -2.10. The molecule has 21 heavy (non-hydrogen) atoms. The van der Waals surface area contributed by atoms with Crippen molar-refractivity contribution in [2.75, 3.05) is 11.1 Å². The zero-order chi connectivity index (χ0) is 15.0. The standard InChI is InChI=1S/C17H22N4/c1-10-6-11(2)8-14(7-10)15-9-16(21-17(18)20-15)19-12(3)13-4-5-13/h6-9,12-13H,4-5H2,1-3H3,(H3,18,19,20,21)/t12-/m1/s1. The van der Waals surface area contributed by atoms with E-state index in [2.05, 4.69) is 54.3 Å². The topological polar surface area (TPSA) is 63.8 Å². The molecule has 3 N–H and O–H groups in total. The molecule has 0 unspecified atom stereocenters. The zero-order valence-electron chi connectivity index (χ0n) is 12.9. The maximum Gasteiger partial charge on any atom is 0.222 e. The number of nitrogens with two attached hydrogens (primary N) is 1. The molecule has 1 aliphatic carbocycles. The van der Waals surface area contributed by atoms with E-state index >= 15 is 0 Å². The van der Waals surface area contributed by atoms with Gasteiger partial charge in [0.2, 0.25) is 5.95 Å². The van der Waals surface area contributed by atoms with Crippen LogP contribution in [0.1, 0.15) is 30.9 Å². The van der Waals surface area contributed by atoms with Crippen molar-refractivity contribution in [3.63, 3.8) is 0 Å². The molecule has 3 rings (SSSR count). The fourth-order valence-corrected chi connectivity index (χ4v) is 2.76. The minimum atomic E-state index is 0.317. The van der Waals surface area contributed by atoms with Crippen LogP contribution >= 0.6 is 0 Å². The molecule has 1 aromatic carbocycles. The molecule has 1 atom stereocenters. The molecule has 0 spiro atoms. The van der Waals surface area contributed by atoms with Crippen molar-refractivity contribution < 1.29 is 0 Å². The lowest BCUT2D eigenvalue weighted by atomic mass is 10.0. The molecule has 0 aliphatic heterocycles. The number of nitrogens with zero attached hydrogens (tertiary/aromatic N) is 2. The van der Waals surface area contributed by atoms with E-state index in [4.69, 9.17) is 5.73 Å². The predicted molar refractivity (Wildman–Crippen MR) is 87.2 cm³/mol. The van der Waals surface area contributed by atoms with Gasteiger partial charge < -0.3 is 11.1 Å². The van der Waals surface area contributed by atoms with E-state index in [0.29, 0.717) is 12.0 Å². The van der Waals surface area contributed by atoms with Gasteiger partial charge in [0, 0.05) is 17.7 Å². The molecule has 1 aromatic heterocycles. The van der Waals surface area contributed by atoms with Gasteiger partial charge in [0.1, 0.15) is 5.82 Å². The molecule has 0 bridgehead atoms. The van der Waals surface area contributed by atoms with Crippen LogP contribution in [0.25, 0.3) is 11.3 Å². The highest BCUT2D eigenvalue weighted by Gasteiger charge is 2.28. The fraction of sp³-hybridized carbons (Fsp3) is 0.412. The summed E-state index contributed by atoms with van der Waals surface area (Å²) in [5.41, 5.74) is 10.3. The molecule has 1 saturated carbocycles. The average Bonchev–Trinajstić information content (AvgIpc) is 3.20. The normalized spacial score (nSPS) is 15.8. The first-order valence-electron chi connectivity index (χ1n) is 7.51. The third kappa shape index (κ3) is 3.32. The summed E-state index contributed by atoms with van der Waals surface area (Å²) >= 11 is 0. The Bertz CT molecular complexity index is 642. The van der Waals surface area contributed by atoms with E-state index in [-0.39, 0.29) is 0 Å². The van der Waals surface area contributed by atoms with Crippen LogP contribution in [0.2, 0.25) is 0 Å². The third-order valence-electron chi connectivity index (χ3n) is 3.97. The lowest BCUT2D eigenvalue weighted by Crippen LogP contribution is -2.18. The number of nitrogens with one attached hydrogen (secondary N) is 1. The Morgan fingerprint density at radius 3 is 2.38 bits per heavy atom. The summed E-state index contributed by atoms with van der Waals surface area (Å²) in [6.07, 6.45) is 2.61. The Morgan fingerprint density at radius 2 is 1.76 bits per heavy atom. The summed E-state index contributed by atoms with van der Waals surface area (Å²) in [5, 5.41) is 3.45. The van der Waals surface area contributed by atoms with Crippen molar-refractivity contribution in [3.8, 4) is 11.3 Å². The summed E-state index contributed by atoms with van der Waals surface area (Å²) in [4.78, 5) is 8.69. The molecular formula is C17H22N4. The van der Waals surface area contributed by atoms with Gasteiger partial charge >= 0.3 is 0 Å². The molecule has 2 aromatic rings. The van der Waals surface area contributed by atoms with Crippen LogP contribution in [0, 0.1) is 19.8 Å². The number of nitrogen functional groups attached to an aromatic ring is 1. The van der Waals surface area contributed by atoms with Crippen molar-refractivity contribution in [2.45, 2.75) is 39.7 Å². The number of rotatable bonds is 4. The van der Waals surface area contributed by atoms with Crippen LogP contribution in [-0.4, -0.2) is 16.0 Å². The van der Waals surface area contributed by atoms with E-state index in [1.807, 2.05) is 6.07 Å². The van der Waals surface area contributed by atoms with Crippen molar-refractivity contribution in [1.82, 2.24) is 9.97 Å². The number of anilines is 2. The minimum absolute atomic E-state index is 0.317. The quantitative estimate of drug-likeness (QED) is 0.900. The van der Waals surface area contributed by atoms with Crippen LogP contribution in [0.15, 0.2) is 24.3 Å². The summed E-state index contributed by atoms with van der Waals surface area (Å²) < 4.78 is 0. The molecule has 0 amide bonds. The van der Waals surface area contributed by atoms with E-state index in [9.17, 15) is 0 Å². The maximum absolute atomic E-state index is 5.88. The first-order chi connectivity index (χ1) is 10.0. The second-order valence-electron chi connectivity index (χ2n) is 6.14. The molecule has 4 heteroatoms. The van der Waals surface area contributed by atoms with E-state index in [1.54, 1.807) is 0 Å². The van der Waals surface area contributed by atoms with Crippen LogP contribution in [0.3, 0.4) is 0 Å². The van der Waals surface area contributed by atoms with Crippen LogP contribution < -0.4 is 11.1 Å². The van der Waals surface area contributed by atoms with E-state index in [0.717, 1.165) is 23.0 Å². The summed E-state index contributed by atoms with van der Waals surface area (Å²) in [6, 6.07) is 8.84. The molecule has 4 nitrogen and oxygen atoms in total. The Kier molecular flexibility index (Phi) is 3.53. The van der Waals surface area contributed by atoms with Gasteiger partial charge in [-0.2, -0.15) is 4.98 Å². The lowest BCUT2D eigenvalue weighted by molar-refractivity contribution is 0.690. The smallest absolute Gasteiger partial charge is 0.222 e. The van der Waals surface area contributed by atoms with Crippen LogP contribution in [0.4, 0.5) is 11.8 Å². The number of hydrogen-bond donors (Lipinski definition) is 2. The SMILES string of the molecule is Cc1cc(C)cc(-c2cc(N[C@H](C)C3CC3)nc(N)n2)c1. The average molecular weight is 282 g/mol. The maximum atomic E-state index is 5.88. The zero-order valence-corrected chi connectivity index (χ0v) is 12.9. The Balaban J connectivity index is 1.92. The second-order valence-corrected chi connectivity index (χ2v) is 6.14. The number of benzene rings is 1. The lowest BCUT2D eigenvalue weighted by Gasteiger charge is -2.14.